The zero-order valence-corrected chi connectivity index (χ0v) is 13.2. The first-order valence-corrected chi connectivity index (χ1v) is 7.77. The van der Waals surface area contributed by atoms with Crippen molar-refractivity contribution in [1.82, 2.24) is 10.3 Å². The lowest BCUT2D eigenvalue weighted by molar-refractivity contribution is 0.204. The van der Waals surface area contributed by atoms with Crippen molar-refractivity contribution >= 4 is 16.5 Å². The highest BCUT2D eigenvalue weighted by Gasteiger charge is 2.25. The minimum absolute atomic E-state index is 0.112. The molecule has 1 unspecified atom stereocenters. The molecule has 0 aliphatic carbocycles. The highest BCUT2D eigenvalue weighted by molar-refractivity contribution is 7.15. The fourth-order valence-corrected chi connectivity index (χ4v) is 2.93. The minimum Gasteiger partial charge on any atom is -0.395 e. The predicted molar refractivity (Wildman–Crippen MR) is 83.6 cm³/mol. The van der Waals surface area contributed by atoms with E-state index in [1.807, 2.05) is 13.8 Å². The van der Waals surface area contributed by atoms with Crippen molar-refractivity contribution in [3.8, 4) is 0 Å². The number of hydrogen-bond donors (Lipinski definition) is 3. The highest BCUT2D eigenvalue weighted by atomic mass is 32.1. The molecular weight excluding hydrogens is 308 g/mol. The smallest absolute Gasteiger partial charge is 0.180 e. The first-order chi connectivity index (χ1) is 10.4. The molecule has 0 saturated carbocycles. The zero-order chi connectivity index (χ0) is 16.3. The van der Waals surface area contributed by atoms with Crippen LogP contribution in [0.15, 0.2) is 24.4 Å². The molecule has 1 heterocycles. The number of nitrogens with one attached hydrogen (secondary N) is 1. The van der Waals surface area contributed by atoms with E-state index in [2.05, 4.69) is 10.3 Å². The van der Waals surface area contributed by atoms with Gasteiger partial charge in [0.1, 0.15) is 11.6 Å². The van der Waals surface area contributed by atoms with E-state index in [9.17, 15) is 13.9 Å². The molecule has 2 aromatic rings. The highest BCUT2D eigenvalue weighted by Crippen LogP contribution is 2.31. The van der Waals surface area contributed by atoms with E-state index in [-0.39, 0.29) is 24.1 Å². The topological polar surface area (TPSA) is 71.2 Å². The van der Waals surface area contributed by atoms with Crippen LogP contribution in [0.2, 0.25) is 0 Å². The summed E-state index contributed by atoms with van der Waals surface area (Å²) in [5.74, 6) is -0.925. The molecule has 0 aliphatic rings. The Morgan fingerprint density at radius 1 is 1.36 bits per heavy atom. The van der Waals surface area contributed by atoms with E-state index in [1.54, 1.807) is 0 Å². The lowest BCUT2D eigenvalue weighted by atomic mass is 9.99. The van der Waals surface area contributed by atoms with Crippen molar-refractivity contribution in [1.29, 1.82) is 0 Å². The van der Waals surface area contributed by atoms with Gasteiger partial charge in [0.2, 0.25) is 0 Å². The second kappa shape index (κ2) is 7.13. The molecular formula is C15H19F2N3OS. The average Bonchev–Trinajstić information content (AvgIpc) is 2.89. The Kier molecular flexibility index (Phi) is 5.44. The van der Waals surface area contributed by atoms with Gasteiger partial charge in [0.25, 0.3) is 0 Å². The third kappa shape index (κ3) is 3.79. The normalized spacial score (nSPS) is 14.3. The molecule has 2 atom stereocenters. The van der Waals surface area contributed by atoms with Crippen LogP contribution < -0.4 is 11.1 Å². The third-order valence-corrected chi connectivity index (χ3v) is 4.37. The Labute approximate surface area is 132 Å². The van der Waals surface area contributed by atoms with Crippen LogP contribution in [0.3, 0.4) is 0 Å². The molecule has 0 spiro atoms. The summed E-state index contributed by atoms with van der Waals surface area (Å²) in [6, 6.07) is 2.43. The first-order valence-electron chi connectivity index (χ1n) is 6.95. The minimum atomic E-state index is -0.620. The molecule has 0 fully saturated rings. The molecule has 0 radical (unpaired) electrons. The van der Waals surface area contributed by atoms with Crippen molar-refractivity contribution in [3.63, 3.8) is 0 Å². The molecule has 1 aromatic carbocycles. The molecule has 120 valence electrons. The van der Waals surface area contributed by atoms with E-state index in [4.69, 9.17) is 5.73 Å². The summed E-state index contributed by atoms with van der Waals surface area (Å²) in [6.45, 7) is 3.77. The summed E-state index contributed by atoms with van der Waals surface area (Å²) in [4.78, 5) is 4.64. The Morgan fingerprint density at radius 3 is 2.64 bits per heavy atom. The quantitative estimate of drug-likeness (QED) is 0.763. The number of rotatable bonds is 6. The van der Waals surface area contributed by atoms with Gasteiger partial charge in [-0.3, -0.25) is 0 Å². The second-order valence-electron chi connectivity index (χ2n) is 5.40. The van der Waals surface area contributed by atoms with Gasteiger partial charge < -0.3 is 16.2 Å². The van der Waals surface area contributed by atoms with Gasteiger partial charge >= 0.3 is 0 Å². The lowest BCUT2D eigenvalue weighted by Gasteiger charge is -2.27. The van der Waals surface area contributed by atoms with Gasteiger partial charge in [-0.25, -0.2) is 13.8 Å². The van der Waals surface area contributed by atoms with Gasteiger partial charge in [0.05, 0.1) is 12.6 Å². The van der Waals surface area contributed by atoms with Gasteiger partial charge in [-0.05, 0) is 24.1 Å². The van der Waals surface area contributed by atoms with Gasteiger partial charge in [-0.2, -0.15) is 0 Å². The van der Waals surface area contributed by atoms with E-state index < -0.39 is 17.7 Å². The summed E-state index contributed by atoms with van der Waals surface area (Å²) < 4.78 is 27.7. The van der Waals surface area contributed by atoms with Crippen molar-refractivity contribution in [3.05, 3.63) is 46.5 Å². The Bertz CT molecular complexity index is 633. The van der Waals surface area contributed by atoms with Crippen molar-refractivity contribution in [2.45, 2.75) is 25.9 Å². The van der Waals surface area contributed by atoms with E-state index >= 15 is 0 Å². The van der Waals surface area contributed by atoms with E-state index in [0.29, 0.717) is 10.0 Å². The van der Waals surface area contributed by atoms with Crippen LogP contribution in [0, 0.1) is 17.6 Å². The zero-order valence-electron chi connectivity index (χ0n) is 12.4. The number of nitrogens with two attached hydrogens (primary N) is 1. The number of thiazole rings is 1. The van der Waals surface area contributed by atoms with Crippen molar-refractivity contribution < 1.29 is 13.9 Å². The number of aliphatic hydroxyl groups excluding tert-OH is 1. The predicted octanol–water partition coefficient (Wildman–Crippen LogP) is 2.70. The summed E-state index contributed by atoms with van der Waals surface area (Å²) >= 11 is 1.20. The van der Waals surface area contributed by atoms with Gasteiger partial charge in [-0.15, -0.1) is 11.3 Å². The number of nitrogens with zero attached hydrogens (tertiary/aromatic N) is 1. The molecule has 7 heteroatoms. The molecule has 22 heavy (non-hydrogen) atoms. The number of nitrogen functional groups attached to an aromatic ring is 1. The molecule has 0 amide bonds. The van der Waals surface area contributed by atoms with Crippen molar-refractivity contribution in [2.75, 3.05) is 12.3 Å². The Balaban J connectivity index is 2.43. The SMILES string of the molecule is CC(C)[C@H](CO)NC(c1cnc(N)s1)c1cc(F)ccc1F. The standard InChI is InChI=1S/C15H19F2N3OS/c1-8(2)12(7-21)20-14(13-6-19-15(18)22-13)10-5-9(16)3-4-11(10)17/h3-6,8,12,14,20-21H,7H2,1-2H3,(H2,18,19)/t12-,14?/m0/s1. The van der Waals surface area contributed by atoms with E-state index in [0.717, 1.165) is 18.2 Å². The van der Waals surface area contributed by atoms with Gasteiger partial charge in [-0.1, -0.05) is 13.8 Å². The average molecular weight is 327 g/mol. The molecule has 4 nitrogen and oxygen atoms in total. The van der Waals surface area contributed by atoms with Crippen LogP contribution in [-0.2, 0) is 0 Å². The maximum atomic E-state index is 14.2. The number of benzene rings is 1. The monoisotopic (exact) mass is 327 g/mol. The first kappa shape index (κ1) is 16.8. The number of anilines is 1. The van der Waals surface area contributed by atoms with Crippen LogP contribution in [0.25, 0.3) is 0 Å². The lowest BCUT2D eigenvalue weighted by Crippen LogP contribution is -2.40. The number of halogens is 2. The Morgan fingerprint density at radius 2 is 2.09 bits per heavy atom. The molecule has 1 aromatic heterocycles. The van der Waals surface area contributed by atoms with Gasteiger partial charge in [0.15, 0.2) is 5.13 Å². The largest absolute Gasteiger partial charge is 0.395 e. The molecule has 4 N–H and O–H groups in total. The fraction of sp³-hybridized carbons (Fsp3) is 0.400. The number of aliphatic hydroxyl groups is 1. The molecule has 2 rings (SSSR count). The third-order valence-electron chi connectivity index (χ3n) is 3.48. The summed E-state index contributed by atoms with van der Waals surface area (Å²) in [7, 11) is 0. The van der Waals surface area contributed by atoms with Gasteiger partial charge in [0, 0.05) is 22.7 Å². The Hall–Kier alpha value is -1.57. The molecule has 0 aliphatic heterocycles. The maximum absolute atomic E-state index is 14.2. The van der Waals surface area contributed by atoms with E-state index in [1.165, 1.54) is 17.5 Å². The van der Waals surface area contributed by atoms with Crippen molar-refractivity contribution in [2.24, 2.45) is 5.92 Å². The fourth-order valence-electron chi connectivity index (χ4n) is 2.17. The van der Waals surface area contributed by atoms with Crippen LogP contribution >= 0.6 is 11.3 Å². The van der Waals surface area contributed by atoms with Crippen LogP contribution in [-0.4, -0.2) is 22.7 Å². The summed E-state index contributed by atoms with van der Waals surface area (Å²) in [5.41, 5.74) is 5.82. The second-order valence-corrected chi connectivity index (χ2v) is 6.49. The van der Waals surface area contributed by atoms with Crippen LogP contribution in [0.1, 0.15) is 30.3 Å². The maximum Gasteiger partial charge on any atom is 0.180 e. The number of hydrogen-bond acceptors (Lipinski definition) is 5. The molecule has 0 bridgehead atoms. The van der Waals surface area contributed by atoms with Crippen LogP contribution in [0.4, 0.5) is 13.9 Å². The van der Waals surface area contributed by atoms with Crippen LogP contribution in [0.5, 0.6) is 0 Å². The summed E-state index contributed by atoms with van der Waals surface area (Å²) in [5, 5.41) is 13.0. The summed E-state index contributed by atoms with van der Waals surface area (Å²) in [6.07, 6.45) is 1.54. The molecule has 0 saturated heterocycles. The number of aromatic nitrogens is 1.